The summed E-state index contributed by atoms with van der Waals surface area (Å²) in [6, 6.07) is 13.4. The molecule has 2 aromatic carbocycles. The van der Waals surface area contributed by atoms with E-state index in [-0.39, 0.29) is 12.8 Å². The monoisotopic (exact) mass is 310 g/mol. The number of fused-ring (bicyclic) bond motifs is 1. The molecule has 0 spiro atoms. The van der Waals surface area contributed by atoms with Gasteiger partial charge in [-0.15, -0.1) is 0 Å². The molecule has 0 bridgehead atoms. The Labute approximate surface area is 134 Å². The van der Waals surface area contributed by atoms with E-state index < -0.39 is 0 Å². The first-order chi connectivity index (χ1) is 11.2. The van der Waals surface area contributed by atoms with Gasteiger partial charge < -0.3 is 20.1 Å². The first-order valence-electron chi connectivity index (χ1n) is 7.37. The number of nitrogens with one attached hydrogen (secondary N) is 2. The van der Waals surface area contributed by atoms with Gasteiger partial charge in [0, 0.05) is 12.7 Å². The maximum atomic E-state index is 11.8. The highest BCUT2D eigenvalue weighted by atomic mass is 16.7. The highest BCUT2D eigenvalue weighted by Gasteiger charge is 2.13. The van der Waals surface area contributed by atoms with Gasteiger partial charge in [0.2, 0.25) is 6.79 Å². The number of urea groups is 1. The van der Waals surface area contributed by atoms with Crippen molar-refractivity contribution < 1.29 is 14.3 Å². The molecule has 1 aliphatic heterocycles. The van der Waals surface area contributed by atoms with Gasteiger partial charge >= 0.3 is 6.03 Å². The Bertz CT molecular complexity index is 741. The van der Waals surface area contributed by atoms with Crippen molar-refractivity contribution in [1.29, 1.82) is 0 Å². The molecule has 1 heterocycles. The van der Waals surface area contributed by atoms with Crippen LogP contribution in [0.2, 0.25) is 0 Å². The fourth-order valence-electron chi connectivity index (χ4n) is 2.27. The zero-order valence-electron chi connectivity index (χ0n) is 12.8. The van der Waals surface area contributed by atoms with E-state index in [1.807, 2.05) is 55.5 Å². The molecular weight excluding hydrogens is 292 g/mol. The third-order valence-electron chi connectivity index (χ3n) is 3.42. The lowest BCUT2D eigenvalue weighted by atomic mass is 10.1. The molecule has 0 saturated heterocycles. The van der Waals surface area contributed by atoms with Crippen molar-refractivity contribution in [3.05, 3.63) is 65.4 Å². The van der Waals surface area contributed by atoms with Gasteiger partial charge in [0.1, 0.15) is 0 Å². The zero-order chi connectivity index (χ0) is 16.1. The van der Waals surface area contributed by atoms with Gasteiger partial charge in [-0.1, -0.05) is 35.9 Å². The molecule has 1 aliphatic rings. The van der Waals surface area contributed by atoms with Gasteiger partial charge in [0.05, 0.1) is 0 Å². The highest BCUT2D eigenvalue weighted by molar-refractivity contribution is 5.75. The summed E-state index contributed by atoms with van der Waals surface area (Å²) in [5, 5.41) is 5.48. The van der Waals surface area contributed by atoms with Crippen molar-refractivity contribution in [1.82, 2.24) is 10.6 Å². The molecule has 2 aromatic rings. The Morgan fingerprint density at radius 3 is 2.91 bits per heavy atom. The van der Waals surface area contributed by atoms with Gasteiger partial charge in [-0.05, 0) is 36.3 Å². The van der Waals surface area contributed by atoms with E-state index in [9.17, 15) is 4.79 Å². The average molecular weight is 310 g/mol. The van der Waals surface area contributed by atoms with E-state index >= 15 is 0 Å². The molecular formula is C18H18N2O3. The Kier molecular flexibility index (Phi) is 4.47. The smallest absolute Gasteiger partial charge is 0.319 e. The lowest BCUT2D eigenvalue weighted by molar-refractivity contribution is 0.174. The summed E-state index contributed by atoms with van der Waals surface area (Å²) in [7, 11) is 0. The van der Waals surface area contributed by atoms with Crippen LogP contribution in [0.25, 0.3) is 6.08 Å². The molecule has 5 heteroatoms. The van der Waals surface area contributed by atoms with Crippen molar-refractivity contribution in [2.45, 2.75) is 13.5 Å². The number of ether oxygens (including phenoxy) is 2. The molecule has 0 radical (unpaired) electrons. The second-order valence-corrected chi connectivity index (χ2v) is 5.26. The first kappa shape index (κ1) is 15.0. The Balaban J connectivity index is 1.48. The molecule has 0 fully saturated rings. The topological polar surface area (TPSA) is 59.6 Å². The molecule has 0 aliphatic carbocycles. The molecule has 0 aromatic heterocycles. The number of benzene rings is 2. The molecule has 0 saturated carbocycles. The van der Waals surface area contributed by atoms with Crippen LogP contribution in [0.1, 0.15) is 16.7 Å². The number of rotatable bonds is 4. The fraction of sp³-hybridized carbons (Fsp3) is 0.167. The summed E-state index contributed by atoms with van der Waals surface area (Å²) >= 11 is 0. The predicted molar refractivity (Wildman–Crippen MR) is 88.1 cm³/mol. The van der Waals surface area contributed by atoms with E-state index in [2.05, 4.69) is 10.6 Å². The Morgan fingerprint density at radius 1 is 1.17 bits per heavy atom. The van der Waals surface area contributed by atoms with Crippen molar-refractivity contribution in [3.63, 3.8) is 0 Å². The standard InChI is InChI=1S/C18H18N2O3/c1-13-3-2-4-14(9-13)7-8-19-18(21)20-11-15-5-6-16-17(10-15)23-12-22-16/h2-10H,11-12H2,1H3,(H2,19,20,21)/b8-7+. The van der Waals surface area contributed by atoms with Crippen LogP contribution in [0.3, 0.4) is 0 Å². The summed E-state index contributed by atoms with van der Waals surface area (Å²) in [5.74, 6) is 1.45. The summed E-state index contributed by atoms with van der Waals surface area (Å²) in [5.41, 5.74) is 3.17. The largest absolute Gasteiger partial charge is 0.454 e. The van der Waals surface area contributed by atoms with E-state index in [1.54, 1.807) is 6.20 Å². The fourth-order valence-corrected chi connectivity index (χ4v) is 2.27. The van der Waals surface area contributed by atoms with Gasteiger partial charge in [0.25, 0.3) is 0 Å². The number of carbonyl (C=O) groups excluding carboxylic acids is 1. The average Bonchev–Trinajstić information content (AvgIpc) is 3.00. The van der Waals surface area contributed by atoms with Crippen LogP contribution in [-0.4, -0.2) is 12.8 Å². The molecule has 2 N–H and O–H groups in total. The van der Waals surface area contributed by atoms with Gasteiger partial charge in [-0.2, -0.15) is 0 Å². The number of hydrogen-bond donors (Lipinski definition) is 2. The second-order valence-electron chi connectivity index (χ2n) is 5.26. The van der Waals surface area contributed by atoms with E-state index in [0.717, 1.165) is 16.9 Å². The number of amides is 2. The maximum absolute atomic E-state index is 11.8. The highest BCUT2D eigenvalue weighted by Crippen LogP contribution is 2.32. The summed E-state index contributed by atoms with van der Waals surface area (Å²) < 4.78 is 10.6. The van der Waals surface area contributed by atoms with Crippen LogP contribution >= 0.6 is 0 Å². The molecule has 3 rings (SSSR count). The lowest BCUT2D eigenvalue weighted by Crippen LogP contribution is -2.31. The van der Waals surface area contributed by atoms with E-state index in [1.165, 1.54) is 5.56 Å². The molecule has 23 heavy (non-hydrogen) atoms. The third kappa shape index (κ3) is 4.03. The number of carbonyl (C=O) groups is 1. The third-order valence-corrected chi connectivity index (χ3v) is 3.42. The van der Waals surface area contributed by atoms with E-state index in [4.69, 9.17) is 9.47 Å². The van der Waals surface area contributed by atoms with Crippen LogP contribution in [-0.2, 0) is 6.54 Å². The van der Waals surface area contributed by atoms with Crippen molar-refractivity contribution in [3.8, 4) is 11.5 Å². The first-order valence-corrected chi connectivity index (χ1v) is 7.37. The van der Waals surface area contributed by atoms with Crippen molar-refractivity contribution >= 4 is 12.1 Å². The molecule has 5 nitrogen and oxygen atoms in total. The van der Waals surface area contributed by atoms with Crippen LogP contribution < -0.4 is 20.1 Å². The zero-order valence-corrected chi connectivity index (χ0v) is 12.8. The van der Waals surface area contributed by atoms with Crippen LogP contribution in [0.4, 0.5) is 4.79 Å². The molecule has 0 unspecified atom stereocenters. The van der Waals surface area contributed by atoms with Crippen LogP contribution in [0.5, 0.6) is 11.5 Å². The second kappa shape index (κ2) is 6.87. The molecule has 0 atom stereocenters. The van der Waals surface area contributed by atoms with Crippen LogP contribution in [0.15, 0.2) is 48.7 Å². The lowest BCUT2D eigenvalue weighted by Gasteiger charge is -2.06. The quantitative estimate of drug-likeness (QED) is 0.912. The minimum atomic E-state index is -0.258. The summed E-state index contributed by atoms with van der Waals surface area (Å²) in [6.45, 7) is 2.69. The van der Waals surface area contributed by atoms with Gasteiger partial charge in [-0.25, -0.2) is 4.79 Å². The normalized spacial score (nSPS) is 12.4. The maximum Gasteiger partial charge on any atom is 0.319 e. The van der Waals surface area contributed by atoms with Gasteiger partial charge in [-0.3, -0.25) is 0 Å². The SMILES string of the molecule is Cc1cccc(/C=C/NC(=O)NCc2ccc3c(c2)OCO3)c1. The van der Waals surface area contributed by atoms with Crippen LogP contribution in [0, 0.1) is 6.92 Å². The number of aryl methyl sites for hydroxylation is 1. The van der Waals surface area contributed by atoms with Crippen molar-refractivity contribution in [2.24, 2.45) is 0 Å². The van der Waals surface area contributed by atoms with Crippen molar-refractivity contribution in [2.75, 3.05) is 6.79 Å². The molecule has 2 amide bonds. The minimum absolute atomic E-state index is 0.246. The predicted octanol–water partition coefficient (Wildman–Crippen LogP) is 3.19. The van der Waals surface area contributed by atoms with E-state index in [0.29, 0.717) is 12.3 Å². The number of hydrogen-bond acceptors (Lipinski definition) is 3. The minimum Gasteiger partial charge on any atom is -0.454 e. The molecule has 118 valence electrons. The summed E-state index contributed by atoms with van der Waals surface area (Å²) in [6.07, 6.45) is 3.48. The Morgan fingerprint density at radius 2 is 2.04 bits per heavy atom. The Hall–Kier alpha value is -2.95. The summed E-state index contributed by atoms with van der Waals surface area (Å²) in [4.78, 5) is 11.8. The van der Waals surface area contributed by atoms with Gasteiger partial charge in [0.15, 0.2) is 11.5 Å².